The standard InChI is InChI=1S/C15H9ClN4/c16-12-7-15-14(17-3-4-18-15)6-11(12)9-1-2-13-10(5-9)8-19-20-13/h1-8H,(H,19,20). The number of nitrogens with one attached hydrogen (secondary N) is 1. The summed E-state index contributed by atoms with van der Waals surface area (Å²) in [5, 5.41) is 8.69. The number of rotatable bonds is 1. The molecule has 2 aromatic heterocycles. The lowest BCUT2D eigenvalue weighted by Crippen LogP contribution is -1.86. The summed E-state index contributed by atoms with van der Waals surface area (Å²) in [5.74, 6) is 0. The van der Waals surface area contributed by atoms with Gasteiger partial charge in [0.15, 0.2) is 0 Å². The molecule has 4 aromatic rings. The number of benzene rings is 2. The number of aromatic amines is 1. The number of fused-ring (bicyclic) bond motifs is 2. The van der Waals surface area contributed by atoms with E-state index in [4.69, 9.17) is 11.6 Å². The first-order valence-corrected chi connectivity index (χ1v) is 6.53. The van der Waals surface area contributed by atoms with Crippen molar-refractivity contribution in [2.24, 2.45) is 0 Å². The minimum absolute atomic E-state index is 0.667. The zero-order valence-corrected chi connectivity index (χ0v) is 11.1. The Morgan fingerprint density at radius 3 is 2.60 bits per heavy atom. The van der Waals surface area contributed by atoms with Gasteiger partial charge in [0, 0.05) is 23.3 Å². The maximum Gasteiger partial charge on any atom is 0.0902 e. The van der Waals surface area contributed by atoms with Crippen molar-refractivity contribution >= 4 is 33.5 Å². The van der Waals surface area contributed by atoms with Crippen molar-refractivity contribution in [3.63, 3.8) is 0 Å². The summed E-state index contributed by atoms with van der Waals surface area (Å²) in [6.45, 7) is 0. The first kappa shape index (κ1) is 11.4. The first-order chi connectivity index (χ1) is 9.81. The van der Waals surface area contributed by atoms with E-state index in [1.807, 2.05) is 24.3 Å². The fourth-order valence-electron chi connectivity index (χ4n) is 2.32. The van der Waals surface area contributed by atoms with Crippen molar-refractivity contribution in [3.8, 4) is 11.1 Å². The van der Waals surface area contributed by atoms with Gasteiger partial charge in [-0.1, -0.05) is 17.7 Å². The monoisotopic (exact) mass is 280 g/mol. The minimum Gasteiger partial charge on any atom is -0.278 e. The summed E-state index contributed by atoms with van der Waals surface area (Å²) in [7, 11) is 0. The van der Waals surface area contributed by atoms with Gasteiger partial charge in [-0.25, -0.2) is 0 Å². The van der Waals surface area contributed by atoms with E-state index in [9.17, 15) is 0 Å². The molecule has 0 saturated heterocycles. The SMILES string of the molecule is Clc1cc2nccnc2cc1-c1ccc2[nH]ncc2c1. The van der Waals surface area contributed by atoms with Crippen LogP contribution in [0.25, 0.3) is 33.1 Å². The molecule has 1 N–H and O–H groups in total. The van der Waals surface area contributed by atoms with Gasteiger partial charge in [0.25, 0.3) is 0 Å². The van der Waals surface area contributed by atoms with Crippen molar-refractivity contribution in [2.75, 3.05) is 0 Å². The maximum absolute atomic E-state index is 6.37. The predicted octanol–water partition coefficient (Wildman–Crippen LogP) is 3.83. The van der Waals surface area contributed by atoms with Crippen LogP contribution in [0.1, 0.15) is 0 Å². The van der Waals surface area contributed by atoms with Crippen molar-refractivity contribution < 1.29 is 0 Å². The van der Waals surface area contributed by atoms with E-state index in [1.54, 1.807) is 18.6 Å². The molecule has 0 amide bonds. The van der Waals surface area contributed by atoms with E-state index in [-0.39, 0.29) is 0 Å². The molecule has 0 aliphatic rings. The van der Waals surface area contributed by atoms with Crippen LogP contribution >= 0.6 is 11.6 Å². The van der Waals surface area contributed by atoms with Gasteiger partial charge in [-0.3, -0.25) is 15.1 Å². The number of nitrogens with zero attached hydrogens (tertiary/aromatic N) is 3. The van der Waals surface area contributed by atoms with Crippen LogP contribution in [0.3, 0.4) is 0 Å². The van der Waals surface area contributed by atoms with E-state index in [1.165, 1.54) is 0 Å². The summed E-state index contributed by atoms with van der Waals surface area (Å²) in [4.78, 5) is 8.58. The van der Waals surface area contributed by atoms with Crippen LogP contribution in [0.15, 0.2) is 48.9 Å². The smallest absolute Gasteiger partial charge is 0.0902 e. The van der Waals surface area contributed by atoms with E-state index < -0.39 is 0 Å². The van der Waals surface area contributed by atoms with Crippen LogP contribution in [-0.2, 0) is 0 Å². The normalized spacial score (nSPS) is 11.2. The highest BCUT2D eigenvalue weighted by molar-refractivity contribution is 6.34. The third-order valence-electron chi connectivity index (χ3n) is 3.31. The van der Waals surface area contributed by atoms with Gasteiger partial charge in [0.1, 0.15) is 0 Å². The molecular formula is C15H9ClN4. The second-order valence-electron chi connectivity index (χ2n) is 4.55. The van der Waals surface area contributed by atoms with Crippen LogP contribution in [-0.4, -0.2) is 20.2 Å². The van der Waals surface area contributed by atoms with E-state index >= 15 is 0 Å². The molecule has 20 heavy (non-hydrogen) atoms. The average molecular weight is 281 g/mol. The molecule has 0 spiro atoms. The quantitative estimate of drug-likeness (QED) is 0.576. The fourth-order valence-corrected chi connectivity index (χ4v) is 2.58. The van der Waals surface area contributed by atoms with E-state index in [0.29, 0.717) is 5.02 Å². The number of hydrogen-bond acceptors (Lipinski definition) is 3. The molecule has 96 valence electrons. The third kappa shape index (κ3) is 1.73. The molecule has 2 heterocycles. The van der Waals surface area contributed by atoms with Crippen molar-refractivity contribution in [1.29, 1.82) is 0 Å². The Bertz CT molecular complexity index is 929. The molecule has 4 rings (SSSR count). The Balaban J connectivity index is 1.98. The third-order valence-corrected chi connectivity index (χ3v) is 3.62. The van der Waals surface area contributed by atoms with Crippen LogP contribution in [0.2, 0.25) is 5.02 Å². The Morgan fingerprint density at radius 2 is 1.75 bits per heavy atom. The fraction of sp³-hybridized carbons (Fsp3) is 0. The summed E-state index contributed by atoms with van der Waals surface area (Å²) in [5.41, 5.74) is 4.62. The molecule has 0 radical (unpaired) electrons. The highest BCUT2D eigenvalue weighted by Gasteiger charge is 2.08. The van der Waals surface area contributed by atoms with Gasteiger partial charge in [0.05, 0.1) is 27.8 Å². The van der Waals surface area contributed by atoms with Gasteiger partial charge in [-0.2, -0.15) is 5.10 Å². The Kier molecular flexibility index (Phi) is 2.44. The summed E-state index contributed by atoms with van der Waals surface area (Å²) < 4.78 is 0. The van der Waals surface area contributed by atoms with Crippen molar-refractivity contribution in [3.05, 3.63) is 53.9 Å². The number of aromatic nitrogens is 4. The molecule has 4 nitrogen and oxygen atoms in total. The van der Waals surface area contributed by atoms with Crippen LogP contribution < -0.4 is 0 Å². The summed E-state index contributed by atoms with van der Waals surface area (Å²) in [6, 6.07) is 9.88. The van der Waals surface area contributed by atoms with Crippen LogP contribution in [0.4, 0.5) is 0 Å². The first-order valence-electron chi connectivity index (χ1n) is 6.15. The Morgan fingerprint density at radius 1 is 0.950 bits per heavy atom. The molecule has 5 heteroatoms. The number of H-pyrrole nitrogens is 1. The van der Waals surface area contributed by atoms with E-state index in [2.05, 4.69) is 26.2 Å². The van der Waals surface area contributed by atoms with Gasteiger partial charge >= 0.3 is 0 Å². The minimum atomic E-state index is 0.667. The van der Waals surface area contributed by atoms with Gasteiger partial charge in [0.2, 0.25) is 0 Å². The molecule has 0 aliphatic heterocycles. The number of hydrogen-bond donors (Lipinski definition) is 1. The molecule has 0 atom stereocenters. The molecule has 0 bridgehead atoms. The Hall–Kier alpha value is -2.46. The van der Waals surface area contributed by atoms with Crippen LogP contribution in [0, 0.1) is 0 Å². The predicted molar refractivity (Wildman–Crippen MR) is 79.6 cm³/mol. The lowest BCUT2D eigenvalue weighted by molar-refractivity contribution is 1.12. The number of halogens is 1. The summed E-state index contributed by atoms with van der Waals surface area (Å²) in [6.07, 6.45) is 5.14. The molecule has 2 aromatic carbocycles. The zero-order chi connectivity index (χ0) is 13.5. The van der Waals surface area contributed by atoms with Crippen molar-refractivity contribution in [1.82, 2.24) is 20.2 Å². The maximum atomic E-state index is 6.37. The second-order valence-corrected chi connectivity index (χ2v) is 4.96. The van der Waals surface area contributed by atoms with Gasteiger partial charge in [-0.05, 0) is 29.8 Å². The molecule has 0 fully saturated rings. The Labute approximate surface area is 119 Å². The zero-order valence-electron chi connectivity index (χ0n) is 10.3. The lowest BCUT2D eigenvalue weighted by Gasteiger charge is -2.06. The van der Waals surface area contributed by atoms with Gasteiger partial charge in [-0.15, -0.1) is 0 Å². The molecule has 0 aliphatic carbocycles. The van der Waals surface area contributed by atoms with Crippen molar-refractivity contribution in [2.45, 2.75) is 0 Å². The summed E-state index contributed by atoms with van der Waals surface area (Å²) >= 11 is 6.37. The topological polar surface area (TPSA) is 54.5 Å². The highest BCUT2D eigenvalue weighted by Crippen LogP contribution is 2.32. The van der Waals surface area contributed by atoms with Gasteiger partial charge < -0.3 is 0 Å². The lowest BCUT2D eigenvalue weighted by atomic mass is 10.0. The molecular weight excluding hydrogens is 272 g/mol. The largest absolute Gasteiger partial charge is 0.278 e. The molecule has 0 saturated carbocycles. The average Bonchev–Trinajstić information content (AvgIpc) is 2.94. The van der Waals surface area contributed by atoms with E-state index in [0.717, 1.165) is 33.1 Å². The second kappa shape index (κ2) is 4.28. The molecule has 0 unspecified atom stereocenters. The highest BCUT2D eigenvalue weighted by atomic mass is 35.5. The van der Waals surface area contributed by atoms with Crippen LogP contribution in [0.5, 0.6) is 0 Å².